The van der Waals surface area contributed by atoms with Crippen molar-refractivity contribution in [3.05, 3.63) is 47.7 Å². The molecular weight excluding hydrogens is 567 g/mol. The fourth-order valence-corrected chi connectivity index (χ4v) is 4.55. The van der Waals surface area contributed by atoms with E-state index in [1.54, 1.807) is 64.1 Å². The minimum Gasteiger partial charge on any atom is -0.480 e. The molecule has 43 heavy (non-hydrogen) atoms. The second kappa shape index (κ2) is 13.5. The lowest BCUT2D eigenvalue weighted by atomic mass is 9.89. The van der Waals surface area contributed by atoms with Crippen molar-refractivity contribution < 1.29 is 37.5 Å². The Kier molecular flexibility index (Phi) is 10.5. The predicted molar refractivity (Wildman–Crippen MR) is 154 cm³/mol. The number of hydrogen-bond donors (Lipinski definition) is 4. The van der Waals surface area contributed by atoms with Gasteiger partial charge in [0.15, 0.2) is 0 Å². The number of amides is 3. The number of hydrogen-bond acceptors (Lipinski definition) is 6. The Morgan fingerprint density at radius 3 is 2.42 bits per heavy atom. The van der Waals surface area contributed by atoms with Gasteiger partial charge in [0.05, 0.1) is 23.0 Å². The number of rotatable bonds is 10. The Hall–Kier alpha value is -4.00. The topological polar surface area (TPSA) is 141 Å². The van der Waals surface area contributed by atoms with Crippen molar-refractivity contribution in [1.29, 1.82) is 0 Å². The second-order valence-corrected chi connectivity index (χ2v) is 11.7. The summed E-state index contributed by atoms with van der Waals surface area (Å²) in [5.74, 6) is -2.91. The van der Waals surface area contributed by atoms with Gasteiger partial charge in [0, 0.05) is 11.9 Å². The number of carboxylic acid groups (broad SMARTS) is 1. The van der Waals surface area contributed by atoms with E-state index in [0.29, 0.717) is 35.9 Å². The van der Waals surface area contributed by atoms with E-state index in [0.717, 1.165) is 0 Å². The van der Waals surface area contributed by atoms with E-state index in [-0.39, 0.29) is 11.6 Å². The van der Waals surface area contributed by atoms with Crippen molar-refractivity contribution in [3.8, 4) is 0 Å². The molecule has 3 amide bonds. The zero-order valence-corrected chi connectivity index (χ0v) is 24.8. The van der Waals surface area contributed by atoms with Crippen molar-refractivity contribution in [2.45, 2.75) is 78.2 Å². The molecule has 0 radical (unpaired) electrons. The highest BCUT2D eigenvalue weighted by Crippen LogP contribution is 2.24. The Morgan fingerprint density at radius 1 is 1.12 bits per heavy atom. The molecule has 4 N–H and O–H groups in total. The molecule has 0 aliphatic carbocycles. The van der Waals surface area contributed by atoms with Crippen LogP contribution in [0.25, 0.3) is 17.0 Å². The first-order chi connectivity index (χ1) is 20.0. The van der Waals surface area contributed by atoms with Crippen LogP contribution in [-0.2, 0) is 25.6 Å². The molecule has 2 heterocycles. The first kappa shape index (κ1) is 33.5. The van der Waals surface area contributed by atoms with Gasteiger partial charge in [0.1, 0.15) is 18.1 Å². The fraction of sp³-hybridized carbons (Fsp3) is 0.500. The molecule has 10 nitrogen and oxygen atoms in total. The molecule has 1 aliphatic rings. The number of carbonyl (C=O) groups is 4. The number of aliphatic carboxylic acids is 1. The number of fused-ring (bicyclic) bond motifs is 1. The summed E-state index contributed by atoms with van der Waals surface area (Å²) < 4.78 is 38.4. The molecule has 0 saturated carbocycles. The molecule has 13 heteroatoms. The molecule has 0 bridgehead atoms. The van der Waals surface area contributed by atoms with Crippen molar-refractivity contribution in [2.24, 2.45) is 11.3 Å². The maximum Gasteiger partial charge on any atom is 0.394 e. The van der Waals surface area contributed by atoms with Crippen LogP contribution in [0.1, 0.15) is 58.7 Å². The van der Waals surface area contributed by atoms with Crippen molar-refractivity contribution >= 4 is 40.7 Å². The van der Waals surface area contributed by atoms with Gasteiger partial charge < -0.3 is 15.7 Å². The van der Waals surface area contributed by atoms with E-state index in [1.807, 2.05) is 0 Å². The van der Waals surface area contributed by atoms with Gasteiger partial charge >= 0.3 is 12.1 Å². The highest BCUT2D eigenvalue weighted by Gasteiger charge is 2.34. The molecule has 3 atom stereocenters. The van der Waals surface area contributed by atoms with E-state index in [1.165, 1.54) is 18.0 Å². The smallest absolute Gasteiger partial charge is 0.394 e. The second-order valence-electron chi connectivity index (χ2n) is 11.7. The summed E-state index contributed by atoms with van der Waals surface area (Å²) in [7, 11) is 0. The minimum atomic E-state index is -4.37. The van der Waals surface area contributed by atoms with E-state index in [4.69, 9.17) is 0 Å². The van der Waals surface area contributed by atoms with Crippen LogP contribution in [0.15, 0.2) is 36.4 Å². The van der Waals surface area contributed by atoms with Crippen LogP contribution < -0.4 is 16.1 Å². The largest absolute Gasteiger partial charge is 0.480 e. The molecule has 1 aliphatic heterocycles. The van der Waals surface area contributed by atoms with E-state index >= 15 is 0 Å². The molecule has 1 fully saturated rings. The monoisotopic (exact) mass is 605 g/mol. The standard InChI is InChI=1S/C30H38F3N5O5/c1-17(2)24(25(39)34-18(3)26(40)38-14-6-7-22(37-38)27(41)42)36-28(43)29(4,5)13-12-19-8-9-20-10-11-21(16-30(31,32)33)35-23(20)15-19/h8-13,15,17-18,22,24,37H,6-7,14,16H2,1-5H3,(H,34,39)(H,36,43)(H,41,42)/b13-12+. The van der Waals surface area contributed by atoms with Crippen LogP contribution in [0, 0.1) is 11.3 Å². The van der Waals surface area contributed by atoms with Crippen molar-refractivity contribution in [2.75, 3.05) is 6.54 Å². The number of hydrazine groups is 1. The third-order valence-electron chi connectivity index (χ3n) is 7.15. The first-order valence-electron chi connectivity index (χ1n) is 14.0. The van der Waals surface area contributed by atoms with Crippen LogP contribution in [0.3, 0.4) is 0 Å². The Labute approximate surface area is 248 Å². The van der Waals surface area contributed by atoms with Crippen molar-refractivity contribution in [1.82, 2.24) is 26.1 Å². The van der Waals surface area contributed by atoms with Gasteiger partial charge in [-0.25, -0.2) is 5.43 Å². The Balaban J connectivity index is 1.66. The Bertz CT molecular complexity index is 1390. The van der Waals surface area contributed by atoms with Crippen LogP contribution in [0.4, 0.5) is 13.2 Å². The number of alkyl halides is 3. The van der Waals surface area contributed by atoms with Gasteiger partial charge in [0.25, 0.3) is 5.91 Å². The number of benzene rings is 1. The number of pyridine rings is 1. The lowest BCUT2D eigenvalue weighted by Crippen LogP contribution is -2.61. The average molecular weight is 606 g/mol. The summed E-state index contributed by atoms with van der Waals surface area (Å²) in [6.07, 6.45) is -1.33. The van der Waals surface area contributed by atoms with Crippen LogP contribution in [0.5, 0.6) is 0 Å². The highest BCUT2D eigenvalue weighted by atomic mass is 19.4. The summed E-state index contributed by atoms with van der Waals surface area (Å²) in [5.41, 5.74) is 2.52. The minimum absolute atomic E-state index is 0.0912. The number of nitrogens with one attached hydrogen (secondary N) is 3. The van der Waals surface area contributed by atoms with Crippen LogP contribution in [-0.4, -0.2) is 69.6 Å². The third-order valence-corrected chi connectivity index (χ3v) is 7.15. The van der Waals surface area contributed by atoms with Crippen LogP contribution >= 0.6 is 0 Å². The molecular formula is C30H38F3N5O5. The van der Waals surface area contributed by atoms with Gasteiger partial charge in [-0.3, -0.25) is 29.2 Å². The van der Waals surface area contributed by atoms with Crippen molar-refractivity contribution in [3.63, 3.8) is 0 Å². The van der Waals surface area contributed by atoms with Gasteiger partial charge in [-0.1, -0.05) is 44.2 Å². The lowest BCUT2D eigenvalue weighted by molar-refractivity contribution is -0.148. The maximum absolute atomic E-state index is 13.3. The van der Waals surface area contributed by atoms with Gasteiger partial charge in [-0.2, -0.15) is 13.2 Å². The maximum atomic E-state index is 13.3. The number of carboxylic acids is 1. The fourth-order valence-electron chi connectivity index (χ4n) is 4.55. The molecule has 2 aromatic rings. The zero-order chi connectivity index (χ0) is 32.1. The quantitative estimate of drug-likeness (QED) is 0.324. The molecule has 234 valence electrons. The van der Waals surface area contributed by atoms with Gasteiger partial charge in [0.2, 0.25) is 11.8 Å². The average Bonchev–Trinajstić information content (AvgIpc) is 2.92. The molecule has 1 aromatic heterocycles. The molecule has 1 saturated heterocycles. The first-order valence-corrected chi connectivity index (χ1v) is 14.0. The zero-order valence-electron chi connectivity index (χ0n) is 24.8. The number of carbonyl (C=O) groups excluding carboxylic acids is 3. The molecule has 3 unspecified atom stereocenters. The molecule has 3 rings (SSSR count). The van der Waals surface area contributed by atoms with E-state index in [9.17, 15) is 37.5 Å². The van der Waals surface area contributed by atoms with Gasteiger partial charge in [-0.05, 0) is 57.2 Å². The molecule has 0 spiro atoms. The SMILES string of the molecule is CC(NC(=O)C(NC(=O)C(C)(C)/C=C/c1ccc2ccc(CC(F)(F)F)nc2c1)C(C)C)C(=O)N1CCCC(C(=O)O)N1. The van der Waals surface area contributed by atoms with Crippen LogP contribution in [0.2, 0.25) is 0 Å². The summed E-state index contributed by atoms with van der Waals surface area (Å²) in [4.78, 5) is 54.7. The number of halogens is 3. The van der Waals surface area contributed by atoms with Gasteiger partial charge in [-0.15, -0.1) is 0 Å². The van der Waals surface area contributed by atoms with E-state index in [2.05, 4.69) is 21.0 Å². The summed E-state index contributed by atoms with van der Waals surface area (Å²) in [6, 6.07) is 5.22. The lowest BCUT2D eigenvalue weighted by Gasteiger charge is -2.34. The summed E-state index contributed by atoms with van der Waals surface area (Å²) in [6.45, 7) is 8.60. The third kappa shape index (κ3) is 9.24. The molecule has 1 aromatic carbocycles. The van der Waals surface area contributed by atoms with E-state index < -0.39 is 59.8 Å². The number of nitrogens with zero attached hydrogens (tertiary/aromatic N) is 2. The number of aromatic nitrogens is 1. The summed E-state index contributed by atoms with van der Waals surface area (Å²) in [5, 5.41) is 16.5. The highest BCUT2D eigenvalue weighted by molar-refractivity contribution is 5.94. The summed E-state index contributed by atoms with van der Waals surface area (Å²) >= 11 is 0. The Morgan fingerprint density at radius 2 is 1.79 bits per heavy atom. The predicted octanol–water partition coefficient (Wildman–Crippen LogP) is 3.60. The normalized spacial score (nSPS) is 17.6.